The minimum absolute atomic E-state index is 0.0903. The van der Waals surface area contributed by atoms with Gasteiger partial charge < -0.3 is 10.2 Å². The Labute approximate surface area is 114 Å². The van der Waals surface area contributed by atoms with Gasteiger partial charge in [-0.25, -0.2) is 0 Å². The SMILES string of the molecule is CC1CCCN1C(=O)c1ccn(C2CCCNC2)n1. The van der Waals surface area contributed by atoms with E-state index in [0.29, 0.717) is 17.8 Å². The standard InChI is InChI=1S/C14H22N4O/c1-11-4-3-8-17(11)14(19)13-6-9-18(16-13)12-5-2-7-15-10-12/h6,9,11-12,15H,2-5,7-8,10H2,1H3. The normalized spacial score (nSPS) is 27.7. The average Bonchev–Trinajstić information content (AvgIpc) is 3.08. The van der Waals surface area contributed by atoms with Crippen molar-refractivity contribution in [2.75, 3.05) is 19.6 Å². The highest BCUT2D eigenvalue weighted by Gasteiger charge is 2.27. The topological polar surface area (TPSA) is 50.2 Å². The fraction of sp³-hybridized carbons (Fsp3) is 0.714. The van der Waals surface area contributed by atoms with Gasteiger partial charge in [0.2, 0.25) is 0 Å². The van der Waals surface area contributed by atoms with Gasteiger partial charge in [0.05, 0.1) is 6.04 Å². The molecule has 104 valence electrons. The largest absolute Gasteiger partial charge is 0.335 e. The van der Waals surface area contributed by atoms with E-state index < -0.39 is 0 Å². The van der Waals surface area contributed by atoms with Crippen LogP contribution in [0.1, 0.15) is 49.1 Å². The summed E-state index contributed by atoms with van der Waals surface area (Å²) in [7, 11) is 0. The minimum Gasteiger partial charge on any atom is -0.335 e. The monoisotopic (exact) mass is 262 g/mol. The Kier molecular flexibility index (Phi) is 3.55. The van der Waals surface area contributed by atoms with Gasteiger partial charge in [0.1, 0.15) is 5.69 Å². The molecule has 5 heteroatoms. The lowest BCUT2D eigenvalue weighted by Gasteiger charge is -2.23. The maximum Gasteiger partial charge on any atom is 0.274 e. The molecule has 0 bridgehead atoms. The summed E-state index contributed by atoms with van der Waals surface area (Å²) in [6.07, 6.45) is 6.49. The Bertz CT molecular complexity index is 450. The van der Waals surface area contributed by atoms with Crippen LogP contribution in [0.5, 0.6) is 0 Å². The molecule has 2 unspecified atom stereocenters. The van der Waals surface area contributed by atoms with Crippen molar-refractivity contribution in [1.29, 1.82) is 0 Å². The number of nitrogens with zero attached hydrogens (tertiary/aromatic N) is 3. The molecule has 3 heterocycles. The van der Waals surface area contributed by atoms with Gasteiger partial charge in [-0.3, -0.25) is 9.48 Å². The molecule has 0 saturated carbocycles. The second-order valence-electron chi connectivity index (χ2n) is 5.67. The van der Waals surface area contributed by atoms with Crippen molar-refractivity contribution in [2.24, 2.45) is 0 Å². The highest BCUT2D eigenvalue weighted by molar-refractivity contribution is 5.92. The lowest BCUT2D eigenvalue weighted by molar-refractivity contribution is 0.0740. The summed E-state index contributed by atoms with van der Waals surface area (Å²) in [5, 5.41) is 7.88. The maximum absolute atomic E-state index is 12.4. The Morgan fingerprint density at radius 3 is 3.00 bits per heavy atom. The van der Waals surface area contributed by atoms with E-state index in [0.717, 1.165) is 38.9 Å². The Morgan fingerprint density at radius 2 is 2.32 bits per heavy atom. The summed E-state index contributed by atoms with van der Waals surface area (Å²) in [5.41, 5.74) is 0.597. The van der Waals surface area contributed by atoms with Crippen molar-refractivity contribution in [3.8, 4) is 0 Å². The van der Waals surface area contributed by atoms with Gasteiger partial charge in [0.25, 0.3) is 5.91 Å². The van der Waals surface area contributed by atoms with Crippen molar-refractivity contribution in [3.63, 3.8) is 0 Å². The van der Waals surface area contributed by atoms with E-state index in [4.69, 9.17) is 0 Å². The zero-order valence-corrected chi connectivity index (χ0v) is 11.5. The molecule has 0 spiro atoms. The smallest absolute Gasteiger partial charge is 0.274 e. The van der Waals surface area contributed by atoms with E-state index in [1.807, 2.05) is 21.8 Å². The Hall–Kier alpha value is -1.36. The molecule has 1 aromatic heterocycles. The highest BCUT2D eigenvalue weighted by Crippen LogP contribution is 2.20. The van der Waals surface area contributed by atoms with Crippen molar-refractivity contribution < 1.29 is 4.79 Å². The van der Waals surface area contributed by atoms with Crippen molar-refractivity contribution in [2.45, 2.75) is 44.7 Å². The van der Waals surface area contributed by atoms with E-state index in [9.17, 15) is 4.79 Å². The van der Waals surface area contributed by atoms with Crippen LogP contribution in [0.4, 0.5) is 0 Å². The van der Waals surface area contributed by atoms with Gasteiger partial charge in [-0.05, 0) is 45.2 Å². The lowest BCUT2D eigenvalue weighted by Crippen LogP contribution is -2.34. The van der Waals surface area contributed by atoms with E-state index in [2.05, 4.69) is 17.3 Å². The third kappa shape index (κ3) is 2.52. The summed E-state index contributed by atoms with van der Waals surface area (Å²) in [6, 6.07) is 2.61. The third-order valence-electron chi connectivity index (χ3n) is 4.29. The van der Waals surface area contributed by atoms with Crippen LogP contribution < -0.4 is 5.32 Å². The number of aromatic nitrogens is 2. The summed E-state index contributed by atoms with van der Waals surface area (Å²) in [6.45, 7) is 5.04. The van der Waals surface area contributed by atoms with Gasteiger partial charge in [0.15, 0.2) is 0 Å². The average molecular weight is 262 g/mol. The molecular formula is C14H22N4O. The number of nitrogens with one attached hydrogen (secondary N) is 1. The fourth-order valence-electron chi connectivity index (χ4n) is 3.10. The van der Waals surface area contributed by atoms with Crippen LogP contribution >= 0.6 is 0 Å². The van der Waals surface area contributed by atoms with Gasteiger partial charge in [-0.2, -0.15) is 5.10 Å². The number of likely N-dealkylation sites (tertiary alicyclic amines) is 1. The van der Waals surface area contributed by atoms with E-state index in [-0.39, 0.29) is 5.91 Å². The fourth-order valence-corrected chi connectivity index (χ4v) is 3.10. The van der Waals surface area contributed by atoms with Gasteiger partial charge in [-0.15, -0.1) is 0 Å². The van der Waals surface area contributed by atoms with Crippen molar-refractivity contribution in [3.05, 3.63) is 18.0 Å². The number of carbonyl (C=O) groups is 1. The van der Waals surface area contributed by atoms with Gasteiger partial charge in [-0.1, -0.05) is 0 Å². The predicted octanol–water partition coefficient (Wildman–Crippen LogP) is 1.43. The molecule has 0 radical (unpaired) electrons. The van der Waals surface area contributed by atoms with Crippen LogP contribution in [-0.4, -0.2) is 46.3 Å². The van der Waals surface area contributed by atoms with Crippen molar-refractivity contribution in [1.82, 2.24) is 20.0 Å². The molecule has 5 nitrogen and oxygen atoms in total. The second-order valence-corrected chi connectivity index (χ2v) is 5.67. The molecule has 2 aliphatic heterocycles. The lowest BCUT2D eigenvalue weighted by atomic mass is 10.1. The van der Waals surface area contributed by atoms with E-state index >= 15 is 0 Å². The minimum atomic E-state index is 0.0903. The molecule has 1 N–H and O–H groups in total. The van der Waals surface area contributed by atoms with Crippen LogP contribution in [-0.2, 0) is 0 Å². The second kappa shape index (κ2) is 5.33. The van der Waals surface area contributed by atoms with Crippen LogP contribution in [0.2, 0.25) is 0 Å². The molecule has 0 aliphatic carbocycles. The highest BCUT2D eigenvalue weighted by atomic mass is 16.2. The number of rotatable bonds is 2. The molecule has 2 saturated heterocycles. The molecule has 1 amide bonds. The maximum atomic E-state index is 12.4. The molecular weight excluding hydrogens is 240 g/mol. The first-order chi connectivity index (χ1) is 9.25. The van der Waals surface area contributed by atoms with Crippen LogP contribution in [0.25, 0.3) is 0 Å². The summed E-state index contributed by atoms with van der Waals surface area (Å²) >= 11 is 0. The summed E-state index contributed by atoms with van der Waals surface area (Å²) < 4.78 is 1.96. The number of piperidine rings is 1. The first kappa shape index (κ1) is 12.7. The molecule has 19 heavy (non-hydrogen) atoms. The first-order valence-corrected chi connectivity index (χ1v) is 7.32. The van der Waals surface area contributed by atoms with Crippen molar-refractivity contribution >= 4 is 5.91 Å². The number of amides is 1. The van der Waals surface area contributed by atoms with E-state index in [1.165, 1.54) is 6.42 Å². The predicted molar refractivity (Wildman–Crippen MR) is 73.1 cm³/mol. The number of hydrogen-bond acceptors (Lipinski definition) is 3. The summed E-state index contributed by atoms with van der Waals surface area (Å²) in [4.78, 5) is 14.3. The number of carbonyl (C=O) groups excluding carboxylic acids is 1. The summed E-state index contributed by atoms with van der Waals surface area (Å²) in [5.74, 6) is 0.0903. The van der Waals surface area contributed by atoms with Crippen LogP contribution in [0, 0.1) is 0 Å². The first-order valence-electron chi connectivity index (χ1n) is 7.32. The Morgan fingerprint density at radius 1 is 1.42 bits per heavy atom. The molecule has 2 atom stereocenters. The Balaban J connectivity index is 1.71. The molecule has 3 rings (SSSR count). The zero-order valence-electron chi connectivity index (χ0n) is 11.5. The zero-order chi connectivity index (χ0) is 13.2. The number of hydrogen-bond donors (Lipinski definition) is 1. The third-order valence-corrected chi connectivity index (χ3v) is 4.29. The van der Waals surface area contributed by atoms with Crippen LogP contribution in [0.3, 0.4) is 0 Å². The molecule has 2 aliphatic rings. The van der Waals surface area contributed by atoms with Gasteiger partial charge >= 0.3 is 0 Å². The van der Waals surface area contributed by atoms with Gasteiger partial charge in [0, 0.05) is 25.3 Å². The van der Waals surface area contributed by atoms with E-state index in [1.54, 1.807) is 0 Å². The molecule has 1 aromatic rings. The molecule has 0 aromatic carbocycles. The quantitative estimate of drug-likeness (QED) is 0.877. The van der Waals surface area contributed by atoms with Crippen LogP contribution in [0.15, 0.2) is 12.3 Å². The molecule has 2 fully saturated rings.